The van der Waals surface area contributed by atoms with E-state index in [0.717, 1.165) is 27.7 Å². The number of aryl methyl sites for hydroxylation is 1. The Hall–Kier alpha value is -1.79. The van der Waals surface area contributed by atoms with E-state index in [1.54, 1.807) is 0 Å². The van der Waals surface area contributed by atoms with Gasteiger partial charge in [-0.15, -0.1) is 0 Å². The van der Waals surface area contributed by atoms with Crippen LogP contribution in [-0.4, -0.2) is 19.1 Å². The third-order valence-electron chi connectivity index (χ3n) is 3.01. The lowest BCUT2D eigenvalue weighted by Gasteiger charge is -2.19. The normalized spacial score (nSPS) is 10.4. The number of fused-ring (bicyclic) bond motifs is 1. The Bertz CT molecular complexity index is 669. The maximum atomic E-state index is 9.17. The van der Waals surface area contributed by atoms with Crippen molar-refractivity contribution in [1.29, 1.82) is 5.26 Å². The van der Waals surface area contributed by atoms with Crippen LogP contribution in [0.1, 0.15) is 16.8 Å². The molecule has 0 radical (unpaired) electrons. The summed E-state index contributed by atoms with van der Waals surface area (Å²) in [6, 6.07) is 5.92. The van der Waals surface area contributed by atoms with Gasteiger partial charge in [0.25, 0.3) is 0 Å². The van der Waals surface area contributed by atoms with Crippen molar-refractivity contribution < 1.29 is 0 Å². The second kappa shape index (κ2) is 4.47. The van der Waals surface area contributed by atoms with E-state index in [-0.39, 0.29) is 0 Å². The van der Waals surface area contributed by atoms with Crippen LogP contribution >= 0.6 is 11.6 Å². The zero-order valence-corrected chi connectivity index (χ0v) is 11.6. The molecule has 0 spiro atoms. The van der Waals surface area contributed by atoms with Crippen LogP contribution in [0, 0.1) is 25.2 Å². The summed E-state index contributed by atoms with van der Waals surface area (Å²) in [4.78, 5) is 6.43. The Morgan fingerprint density at radius 1 is 1.28 bits per heavy atom. The molecule has 0 amide bonds. The van der Waals surface area contributed by atoms with Crippen LogP contribution in [0.2, 0.25) is 5.02 Å². The molecule has 0 N–H and O–H groups in total. The van der Waals surface area contributed by atoms with Crippen LogP contribution in [0.25, 0.3) is 10.9 Å². The van der Waals surface area contributed by atoms with Gasteiger partial charge in [0.15, 0.2) is 0 Å². The standard InChI is InChI=1S/C14H14ClN3/c1-8-5-10(15)6-11-13(8)17-12(7-16)9(2)14(11)18(3)4/h5-6H,1-4H3. The van der Waals surface area contributed by atoms with E-state index in [4.69, 9.17) is 11.6 Å². The number of nitriles is 1. The molecular weight excluding hydrogens is 246 g/mol. The zero-order valence-electron chi connectivity index (χ0n) is 10.9. The SMILES string of the molecule is Cc1c(C#N)nc2c(C)cc(Cl)cc2c1N(C)C. The summed E-state index contributed by atoms with van der Waals surface area (Å²) >= 11 is 6.12. The van der Waals surface area contributed by atoms with Gasteiger partial charge >= 0.3 is 0 Å². The number of hydrogen-bond acceptors (Lipinski definition) is 3. The minimum Gasteiger partial charge on any atom is -0.377 e. The fourth-order valence-corrected chi connectivity index (χ4v) is 2.53. The Balaban J connectivity index is 3.01. The van der Waals surface area contributed by atoms with Crippen molar-refractivity contribution >= 4 is 28.2 Å². The van der Waals surface area contributed by atoms with Crippen LogP contribution in [-0.2, 0) is 0 Å². The molecule has 0 aliphatic rings. The largest absolute Gasteiger partial charge is 0.377 e. The van der Waals surface area contributed by atoms with Crippen molar-refractivity contribution in [2.24, 2.45) is 0 Å². The van der Waals surface area contributed by atoms with Crippen molar-refractivity contribution in [3.63, 3.8) is 0 Å². The van der Waals surface area contributed by atoms with E-state index < -0.39 is 0 Å². The number of nitrogens with zero attached hydrogens (tertiary/aromatic N) is 3. The molecule has 2 aromatic rings. The molecule has 0 unspecified atom stereocenters. The van der Waals surface area contributed by atoms with Gasteiger partial charge < -0.3 is 4.90 Å². The highest BCUT2D eigenvalue weighted by Gasteiger charge is 2.15. The van der Waals surface area contributed by atoms with E-state index in [2.05, 4.69) is 11.1 Å². The Kier molecular flexibility index (Phi) is 3.14. The van der Waals surface area contributed by atoms with Gasteiger partial charge in [-0.2, -0.15) is 5.26 Å². The maximum Gasteiger partial charge on any atom is 0.146 e. The summed E-state index contributed by atoms with van der Waals surface area (Å²) in [7, 11) is 3.92. The Morgan fingerprint density at radius 3 is 2.50 bits per heavy atom. The molecule has 2 rings (SSSR count). The van der Waals surface area contributed by atoms with Gasteiger partial charge in [-0.1, -0.05) is 11.6 Å². The molecule has 18 heavy (non-hydrogen) atoms. The molecule has 3 nitrogen and oxygen atoms in total. The first kappa shape index (κ1) is 12.7. The average Bonchev–Trinajstić information content (AvgIpc) is 2.27. The smallest absolute Gasteiger partial charge is 0.146 e. The van der Waals surface area contributed by atoms with Gasteiger partial charge in [-0.3, -0.25) is 0 Å². The number of benzene rings is 1. The minimum atomic E-state index is 0.469. The van der Waals surface area contributed by atoms with Gasteiger partial charge in [-0.25, -0.2) is 4.98 Å². The number of anilines is 1. The highest BCUT2D eigenvalue weighted by atomic mass is 35.5. The topological polar surface area (TPSA) is 39.9 Å². The number of aromatic nitrogens is 1. The average molecular weight is 260 g/mol. The Labute approximate surface area is 112 Å². The number of rotatable bonds is 1. The molecule has 0 saturated heterocycles. The molecule has 1 aromatic heterocycles. The number of hydrogen-bond donors (Lipinski definition) is 0. The first-order valence-electron chi connectivity index (χ1n) is 5.63. The Morgan fingerprint density at radius 2 is 1.94 bits per heavy atom. The van der Waals surface area contributed by atoms with Gasteiger partial charge in [0, 0.05) is 30.1 Å². The first-order chi connectivity index (χ1) is 8.45. The fourth-order valence-electron chi connectivity index (χ4n) is 2.26. The number of halogens is 1. The number of pyridine rings is 1. The molecule has 0 bridgehead atoms. The summed E-state index contributed by atoms with van der Waals surface area (Å²) in [6.07, 6.45) is 0. The summed E-state index contributed by atoms with van der Waals surface area (Å²) in [6.45, 7) is 3.87. The predicted molar refractivity (Wildman–Crippen MR) is 75.3 cm³/mol. The summed E-state index contributed by atoms with van der Waals surface area (Å²) in [5.74, 6) is 0. The van der Waals surface area contributed by atoms with E-state index in [1.165, 1.54) is 0 Å². The summed E-state index contributed by atoms with van der Waals surface area (Å²) < 4.78 is 0. The highest BCUT2D eigenvalue weighted by molar-refractivity contribution is 6.31. The zero-order chi connectivity index (χ0) is 13.4. The minimum absolute atomic E-state index is 0.469. The predicted octanol–water partition coefficient (Wildman–Crippen LogP) is 3.44. The molecule has 0 aliphatic carbocycles. The summed E-state index contributed by atoms with van der Waals surface area (Å²) in [5, 5.41) is 10.8. The van der Waals surface area contributed by atoms with Crippen LogP contribution < -0.4 is 4.90 Å². The third kappa shape index (κ3) is 1.89. The molecule has 1 heterocycles. The maximum absolute atomic E-state index is 9.17. The van der Waals surface area contributed by atoms with Gasteiger partial charge in [0.05, 0.1) is 11.2 Å². The summed E-state index contributed by atoms with van der Waals surface area (Å²) in [5.41, 5.74) is 4.18. The van der Waals surface area contributed by atoms with Crippen molar-refractivity contribution in [3.05, 3.63) is 34.0 Å². The van der Waals surface area contributed by atoms with E-state index in [1.807, 2.05) is 45.0 Å². The lowest BCUT2D eigenvalue weighted by Crippen LogP contribution is -2.12. The molecule has 0 saturated carbocycles. The quantitative estimate of drug-likeness (QED) is 0.788. The van der Waals surface area contributed by atoms with Gasteiger partial charge in [0.2, 0.25) is 0 Å². The lowest BCUT2D eigenvalue weighted by molar-refractivity contribution is 1.11. The second-order valence-electron chi connectivity index (χ2n) is 4.56. The molecule has 0 fully saturated rings. The fraction of sp³-hybridized carbons (Fsp3) is 0.286. The third-order valence-corrected chi connectivity index (χ3v) is 3.23. The highest BCUT2D eigenvalue weighted by Crippen LogP contribution is 2.33. The molecular formula is C14H14ClN3. The van der Waals surface area contributed by atoms with Crippen molar-refractivity contribution in [1.82, 2.24) is 4.98 Å². The van der Waals surface area contributed by atoms with Gasteiger partial charge in [0.1, 0.15) is 11.8 Å². The van der Waals surface area contributed by atoms with Crippen LogP contribution in [0.5, 0.6) is 0 Å². The van der Waals surface area contributed by atoms with Crippen molar-refractivity contribution in [3.8, 4) is 6.07 Å². The van der Waals surface area contributed by atoms with Crippen LogP contribution in [0.15, 0.2) is 12.1 Å². The molecule has 0 aliphatic heterocycles. The molecule has 4 heteroatoms. The lowest BCUT2D eigenvalue weighted by atomic mass is 10.0. The van der Waals surface area contributed by atoms with Crippen LogP contribution in [0.3, 0.4) is 0 Å². The molecule has 1 aromatic carbocycles. The van der Waals surface area contributed by atoms with E-state index in [0.29, 0.717) is 10.7 Å². The first-order valence-corrected chi connectivity index (χ1v) is 6.01. The van der Waals surface area contributed by atoms with Crippen molar-refractivity contribution in [2.75, 3.05) is 19.0 Å². The second-order valence-corrected chi connectivity index (χ2v) is 5.00. The van der Waals surface area contributed by atoms with Gasteiger partial charge in [-0.05, 0) is 31.5 Å². The molecule has 0 atom stereocenters. The van der Waals surface area contributed by atoms with E-state index in [9.17, 15) is 5.26 Å². The molecule has 92 valence electrons. The van der Waals surface area contributed by atoms with Crippen LogP contribution in [0.4, 0.5) is 5.69 Å². The van der Waals surface area contributed by atoms with Crippen molar-refractivity contribution in [2.45, 2.75) is 13.8 Å². The monoisotopic (exact) mass is 259 g/mol. The van der Waals surface area contributed by atoms with E-state index >= 15 is 0 Å².